The molecule has 0 saturated carbocycles. The van der Waals surface area contributed by atoms with E-state index >= 15 is 0 Å². The van der Waals surface area contributed by atoms with Crippen LogP contribution in [0.15, 0.2) is 30.5 Å². The first-order valence-corrected chi connectivity index (χ1v) is 7.62. The van der Waals surface area contributed by atoms with Crippen LogP contribution < -0.4 is 5.32 Å². The molecule has 0 saturated heterocycles. The molecule has 5 nitrogen and oxygen atoms in total. The minimum atomic E-state index is -0.416. The van der Waals surface area contributed by atoms with Crippen LogP contribution in [-0.2, 0) is 0 Å². The fraction of sp³-hybridized carbons (Fsp3) is 0.375. The second-order valence-electron chi connectivity index (χ2n) is 5.52. The van der Waals surface area contributed by atoms with Crippen LogP contribution in [0.3, 0.4) is 0 Å². The number of nitrogens with zero attached hydrogens (tertiary/aromatic N) is 1. The van der Waals surface area contributed by atoms with Gasteiger partial charge in [0.25, 0.3) is 5.91 Å². The number of benzene rings is 1. The molecule has 0 spiro atoms. The number of amides is 1. The molecule has 0 aliphatic carbocycles. The number of hydrogen-bond donors (Lipinski definition) is 3. The van der Waals surface area contributed by atoms with E-state index in [1.165, 1.54) is 6.20 Å². The fourth-order valence-corrected chi connectivity index (χ4v) is 2.18. The van der Waals surface area contributed by atoms with E-state index in [0.29, 0.717) is 29.2 Å². The third kappa shape index (κ3) is 4.08. The summed E-state index contributed by atoms with van der Waals surface area (Å²) in [6.45, 7) is 4.31. The number of H-pyrrole nitrogens is 1. The van der Waals surface area contributed by atoms with Crippen molar-refractivity contribution in [1.29, 1.82) is 0 Å². The van der Waals surface area contributed by atoms with Gasteiger partial charge in [0, 0.05) is 17.1 Å². The lowest BCUT2D eigenvalue weighted by Gasteiger charge is -2.14. The highest BCUT2D eigenvalue weighted by Gasteiger charge is 2.16. The van der Waals surface area contributed by atoms with Crippen molar-refractivity contribution in [3.05, 3.63) is 41.0 Å². The van der Waals surface area contributed by atoms with Gasteiger partial charge in [-0.15, -0.1) is 0 Å². The molecule has 0 fully saturated rings. The van der Waals surface area contributed by atoms with E-state index in [1.807, 2.05) is 26.0 Å². The molecule has 0 aliphatic heterocycles. The number of rotatable bonds is 6. The number of hydrogen-bond acceptors (Lipinski definition) is 3. The first kappa shape index (κ1) is 16.5. The average Bonchev–Trinajstić information content (AvgIpc) is 2.97. The van der Waals surface area contributed by atoms with Crippen LogP contribution in [-0.4, -0.2) is 33.9 Å². The van der Waals surface area contributed by atoms with Gasteiger partial charge in [0.15, 0.2) is 0 Å². The summed E-state index contributed by atoms with van der Waals surface area (Å²) in [4.78, 5) is 12.2. The van der Waals surface area contributed by atoms with Crippen molar-refractivity contribution < 1.29 is 9.90 Å². The predicted molar refractivity (Wildman–Crippen MR) is 86.8 cm³/mol. The van der Waals surface area contributed by atoms with Gasteiger partial charge in [-0.2, -0.15) is 5.10 Å². The van der Waals surface area contributed by atoms with E-state index in [1.54, 1.807) is 12.1 Å². The molecule has 1 heterocycles. The van der Waals surface area contributed by atoms with Crippen LogP contribution >= 0.6 is 11.6 Å². The Balaban J connectivity index is 2.02. The summed E-state index contributed by atoms with van der Waals surface area (Å²) in [6, 6.07) is 7.18. The number of aromatic amines is 1. The summed E-state index contributed by atoms with van der Waals surface area (Å²) in [6.07, 6.45) is 1.61. The molecule has 1 unspecified atom stereocenters. The highest BCUT2D eigenvalue weighted by Crippen LogP contribution is 2.22. The Labute approximate surface area is 134 Å². The van der Waals surface area contributed by atoms with Crippen molar-refractivity contribution in [2.45, 2.75) is 26.4 Å². The molecule has 3 N–H and O–H groups in total. The number of halogens is 1. The highest BCUT2D eigenvalue weighted by molar-refractivity contribution is 6.30. The van der Waals surface area contributed by atoms with Crippen LogP contribution in [0.2, 0.25) is 5.02 Å². The maximum atomic E-state index is 12.2. The molecule has 1 aromatic heterocycles. The summed E-state index contributed by atoms with van der Waals surface area (Å²) in [5.41, 5.74) is 1.97. The molecule has 118 valence electrons. The van der Waals surface area contributed by atoms with Crippen LogP contribution in [0.25, 0.3) is 11.3 Å². The van der Waals surface area contributed by atoms with Crippen LogP contribution in [0, 0.1) is 5.92 Å². The largest absolute Gasteiger partial charge is 0.393 e. The molecular formula is C16H20ClN3O2. The van der Waals surface area contributed by atoms with Crippen LogP contribution in [0.5, 0.6) is 0 Å². The van der Waals surface area contributed by atoms with Gasteiger partial charge in [0.2, 0.25) is 0 Å². The van der Waals surface area contributed by atoms with Crippen molar-refractivity contribution in [2.24, 2.45) is 5.92 Å². The zero-order valence-corrected chi connectivity index (χ0v) is 13.4. The maximum absolute atomic E-state index is 12.2. The van der Waals surface area contributed by atoms with Crippen LogP contribution in [0.1, 0.15) is 30.6 Å². The summed E-state index contributed by atoms with van der Waals surface area (Å²) in [5.74, 6) is -0.0369. The minimum absolute atomic E-state index is 0.176. The zero-order valence-electron chi connectivity index (χ0n) is 12.6. The van der Waals surface area contributed by atoms with Crippen LogP contribution in [0.4, 0.5) is 0 Å². The Kier molecular flexibility index (Phi) is 5.57. The molecule has 0 bridgehead atoms. The summed E-state index contributed by atoms with van der Waals surface area (Å²) in [5, 5.41) is 20.0. The van der Waals surface area contributed by atoms with Crippen molar-refractivity contribution in [3.8, 4) is 11.3 Å². The number of carbonyl (C=O) groups excluding carboxylic acids is 1. The first-order valence-electron chi connectivity index (χ1n) is 7.24. The SMILES string of the molecule is CC(C)C(O)CCNC(=O)c1cn[nH]c1-c1ccc(Cl)cc1. The van der Waals surface area contributed by atoms with E-state index < -0.39 is 6.10 Å². The lowest BCUT2D eigenvalue weighted by Crippen LogP contribution is -2.28. The second-order valence-corrected chi connectivity index (χ2v) is 5.96. The normalized spacial score (nSPS) is 12.4. The highest BCUT2D eigenvalue weighted by atomic mass is 35.5. The standard InChI is InChI=1S/C16H20ClN3O2/c1-10(2)14(21)7-8-18-16(22)13-9-19-20-15(13)11-3-5-12(17)6-4-11/h3-6,9-10,14,21H,7-8H2,1-2H3,(H,18,22)(H,19,20). The molecule has 0 aliphatic rings. The molecule has 2 aromatic rings. The van der Waals surface area contributed by atoms with Gasteiger partial charge in [-0.1, -0.05) is 37.6 Å². The van der Waals surface area contributed by atoms with E-state index in [4.69, 9.17) is 11.6 Å². The quantitative estimate of drug-likeness (QED) is 0.765. The van der Waals surface area contributed by atoms with E-state index in [9.17, 15) is 9.90 Å². The average molecular weight is 322 g/mol. The summed E-state index contributed by atoms with van der Waals surface area (Å²) >= 11 is 5.87. The Morgan fingerprint density at radius 3 is 2.68 bits per heavy atom. The van der Waals surface area contributed by atoms with Crippen molar-refractivity contribution in [3.63, 3.8) is 0 Å². The predicted octanol–water partition coefficient (Wildman–Crippen LogP) is 2.87. The summed E-state index contributed by atoms with van der Waals surface area (Å²) < 4.78 is 0. The number of nitrogens with one attached hydrogen (secondary N) is 2. The number of aliphatic hydroxyl groups excluding tert-OH is 1. The molecule has 1 atom stereocenters. The van der Waals surface area contributed by atoms with Gasteiger partial charge in [0.05, 0.1) is 23.6 Å². The zero-order chi connectivity index (χ0) is 16.1. The first-order chi connectivity index (χ1) is 10.5. The second kappa shape index (κ2) is 7.42. The van der Waals surface area contributed by atoms with Gasteiger partial charge < -0.3 is 10.4 Å². The fourth-order valence-electron chi connectivity index (χ4n) is 2.06. The maximum Gasteiger partial charge on any atom is 0.255 e. The lowest BCUT2D eigenvalue weighted by atomic mass is 10.0. The molecule has 2 rings (SSSR count). The lowest BCUT2D eigenvalue weighted by molar-refractivity contribution is 0.0921. The van der Waals surface area contributed by atoms with E-state index in [2.05, 4.69) is 15.5 Å². The van der Waals surface area contributed by atoms with Crippen molar-refractivity contribution in [1.82, 2.24) is 15.5 Å². The number of aromatic nitrogens is 2. The van der Waals surface area contributed by atoms with Crippen molar-refractivity contribution >= 4 is 17.5 Å². The Morgan fingerprint density at radius 1 is 1.36 bits per heavy atom. The molecule has 1 aromatic carbocycles. The van der Waals surface area contributed by atoms with E-state index in [0.717, 1.165) is 5.56 Å². The number of carbonyl (C=O) groups is 1. The minimum Gasteiger partial charge on any atom is -0.393 e. The smallest absolute Gasteiger partial charge is 0.255 e. The molecule has 0 radical (unpaired) electrons. The topological polar surface area (TPSA) is 78.0 Å². The molecule has 22 heavy (non-hydrogen) atoms. The molecular weight excluding hydrogens is 302 g/mol. The van der Waals surface area contributed by atoms with Gasteiger partial charge in [-0.25, -0.2) is 0 Å². The monoisotopic (exact) mass is 321 g/mol. The van der Waals surface area contributed by atoms with Gasteiger partial charge in [-0.05, 0) is 24.5 Å². The Morgan fingerprint density at radius 2 is 2.05 bits per heavy atom. The Hall–Kier alpha value is -1.85. The van der Waals surface area contributed by atoms with Crippen molar-refractivity contribution in [2.75, 3.05) is 6.54 Å². The molecule has 1 amide bonds. The van der Waals surface area contributed by atoms with Gasteiger partial charge >= 0.3 is 0 Å². The molecule has 6 heteroatoms. The van der Waals surface area contributed by atoms with Gasteiger partial charge in [0.1, 0.15) is 0 Å². The Bertz CT molecular complexity index is 623. The van der Waals surface area contributed by atoms with E-state index in [-0.39, 0.29) is 11.8 Å². The third-order valence-electron chi connectivity index (χ3n) is 3.51. The third-order valence-corrected chi connectivity index (χ3v) is 3.76. The summed E-state index contributed by atoms with van der Waals surface area (Å²) in [7, 11) is 0. The van der Waals surface area contributed by atoms with Gasteiger partial charge in [-0.3, -0.25) is 9.89 Å². The number of aliphatic hydroxyl groups is 1.